The molecular weight excluding hydrogens is 242 g/mol. The van der Waals surface area contributed by atoms with Gasteiger partial charge in [0.2, 0.25) is 0 Å². The first-order valence-corrected chi connectivity index (χ1v) is 6.30. The molecule has 2 heterocycles. The van der Waals surface area contributed by atoms with Gasteiger partial charge in [0.15, 0.2) is 0 Å². The lowest BCUT2D eigenvalue weighted by atomic mass is 10.3. The minimum atomic E-state index is 0.104. The highest BCUT2D eigenvalue weighted by Crippen LogP contribution is 2.40. The Balaban J connectivity index is 2.31. The highest BCUT2D eigenvalue weighted by Gasteiger charge is 2.12. The lowest BCUT2D eigenvalue weighted by Crippen LogP contribution is -1.72. The van der Waals surface area contributed by atoms with E-state index in [1.807, 2.05) is 17.5 Å². The van der Waals surface area contributed by atoms with Gasteiger partial charge in [0.05, 0.1) is 4.88 Å². The summed E-state index contributed by atoms with van der Waals surface area (Å²) in [5.74, 6) is 0.264. The maximum atomic E-state index is 9.67. The van der Waals surface area contributed by atoms with Crippen molar-refractivity contribution >= 4 is 32.9 Å². The van der Waals surface area contributed by atoms with Crippen molar-refractivity contribution in [3.05, 3.63) is 29.6 Å². The number of phenols is 2. The van der Waals surface area contributed by atoms with Gasteiger partial charge in [-0.15, -0.1) is 22.7 Å². The van der Waals surface area contributed by atoms with Crippen molar-refractivity contribution in [1.82, 2.24) is 4.98 Å². The fraction of sp³-hybridized carbons (Fsp3) is 0. The lowest BCUT2D eigenvalue weighted by Gasteiger charge is -1.94. The molecule has 0 aliphatic carbocycles. The molecule has 0 bridgehead atoms. The normalized spacial score (nSPS) is 11.0. The number of rotatable bonds is 1. The number of nitrogens with zero attached hydrogens (tertiary/aromatic N) is 1. The van der Waals surface area contributed by atoms with Crippen LogP contribution in [0.15, 0.2) is 29.6 Å². The number of thiophene rings is 1. The van der Waals surface area contributed by atoms with Crippen molar-refractivity contribution in [2.75, 3.05) is 0 Å². The Morgan fingerprint density at radius 2 is 1.88 bits per heavy atom. The Kier molecular flexibility index (Phi) is 2.08. The molecule has 2 N–H and O–H groups in total. The van der Waals surface area contributed by atoms with Gasteiger partial charge >= 0.3 is 0 Å². The lowest BCUT2D eigenvalue weighted by molar-refractivity contribution is 0.469. The quantitative estimate of drug-likeness (QED) is 0.649. The van der Waals surface area contributed by atoms with E-state index in [0.29, 0.717) is 10.2 Å². The molecule has 1 aromatic carbocycles. The summed E-state index contributed by atoms with van der Waals surface area (Å²) in [6, 6.07) is 6.85. The van der Waals surface area contributed by atoms with Crippen LogP contribution in [0.25, 0.3) is 20.1 Å². The summed E-state index contributed by atoms with van der Waals surface area (Å²) in [7, 11) is 0. The van der Waals surface area contributed by atoms with Crippen LogP contribution in [0.1, 0.15) is 0 Å². The first kappa shape index (κ1) is 9.62. The van der Waals surface area contributed by atoms with Crippen molar-refractivity contribution in [2.24, 2.45) is 0 Å². The van der Waals surface area contributed by atoms with Crippen LogP contribution in [-0.2, 0) is 0 Å². The smallest absolute Gasteiger partial charge is 0.142 e. The number of fused-ring (bicyclic) bond motifs is 1. The number of hydrogen-bond donors (Lipinski definition) is 2. The van der Waals surface area contributed by atoms with Crippen molar-refractivity contribution in [1.29, 1.82) is 0 Å². The van der Waals surface area contributed by atoms with E-state index in [9.17, 15) is 10.2 Å². The molecule has 0 fully saturated rings. The maximum Gasteiger partial charge on any atom is 0.142 e. The summed E-state index contributed by atoms with van der Waals surface area (Å²) in [5, 5.41) is 22.1. The Morgan fingerprint density at radius 1 is 1.06 bits per heavy atom. The summed E-state index contributed by atoms with van der Waals surface area (Å²) in [6.07, 6.45) is 0. The van der Waals surface area contributed by atoms with Gasteiger partial charge in [-0.2, -0.15) is 0 Å². The number of benzene rings is 1. The van der Waals surface area contributed by atoms with E-state index in [0.717, 1.165) is 9.88 Å². The van der Waals surface area contributed by atoms with Crippen LogP contribution in [0, 0.1) is 0 Å². The van der Waals surface area contributed by atoms with Crippen LogP contribution in [0.3, 0.4) is 0 Å². The van der Waals surface area contributed by atoms with E-state index in [2.05, 4.69) is 4.98 Å². The largest absolute Gasteiger partial charge is 0.506 e. The molecule has 0 atom stereocenters. The van der Waals surface area contributed by atoms with Gasteiger partial charge in [0.25, 0.3) is 0 Å². The van der Waals surface area contributed by atoms with Crippen molar-refractivity contribution in [2.45, 2.75) is 0 Å². The van der Waals surface area contributed by atoms with E-state index in [1.54, 1.807) is 11.3 Å². The van der Waals surface area contributed by atoms with Crippen LogP contribution in [0.2, 0.25) is 0 Å². The summed E-state index contributed by atoms with van der Waals surface area (Å²) >= 11 is 2.97. The average molecular weight is 249 g/mol. The first-order chi connectivity index (χ1) is 7.75. The zero-order chi connectivity index (χ0) is 11.1. The maximum absolute atomic E-state index is 9.67. The zero-order valence-electron chi connectivity index (χ0n) is 8.04. The highest BCUT2D eigenvalue weighted by molar-refractivity contribution is 7.25. The third-order valence-electron chi connectivity index (χ3n) is 2.23. The zero-order valence-corrected chi connectivity index (χ0v) is 9.68. The molecule has 0 unspecified atom stereocenters. The molecule has 2 aromatic heterocycles. The number of thiazole rings is 1. The van der Waals surface area contributed by atoms with Crippen molar-refractivity contribution in [3.8, 4) is 21.4 Å². The predicted molar refractivity (Wildman–Crippen MR) is 66.3 cm³/mol. The average Bonchev–Trinajstić information content (AvgIpc) is 2.90. The van der Waals surface area contributed by atoms with E-state index >= 15 is 0 Å². The van der Waals surface area contributed by atoms with Crippen LogP contribution < -0.4 is 0 Å². The Bertz CT molecular complexity index is 604. The first-order valence-electron chi connectivity index (χ1n) is 4.61. The molecular formula is C11H7NO2S2. The monoisotopic (exact) mass is 249 g/mol. The number of phenolic OH excluding ortho intramolecular Hbond substituents is 2. The molecule has 0 saturated heterocycles. The second-order valence-electron chi connectivity index (χ2n) is 3.28. The Labute approximate surface area is 99.3 Å². The Hall–Kier alpha value is -1.59. The van der Waals surface area contributed by atoms with Crippen LogP contribution in [0.5, 0.6) is 11.5 Å². The second-order valence-corrected chi connectivity index (χ2v) is 5.22. The number of aromatic nitrogens is 1. The Morgan fingerprint density at radius 3 is 2.56 bits per heavy atom. The number of aromatic hydroxyl groups is 2. The third kappa shape index (κ3) is 1.36. The van der Waals surface area contributed by atoms with Crippen LogP contribution in [0.4, 0.5) is 0 Å². The van der Waals surface area contributed by atoms with Gasteiger partial charge in [-0.05, 0) is 23.6 Å². The van der Waals surface area contributed by atoms with Gasteiger partial charge in [0, 0.05) is 0 Å². The SMILES string of the molecule is Oc1ccc(O)c2sc(-c3cccs3)nc12. The predicted octanol–water partition coefficient (Wildman–Crippen LogP) is 3.44. The van der Waals surface area contributed by atoms with E-state index in [4.69, 9.17) is 0 Å². The van der Waals surface area contributed by atoms with E-state index in [1.165, 1.54) is 23.5 Å². The topological polar surface area (TPSA) is 53.4 Å². The fourth-order valence-corrected chi connectivity index (χ4v) is 3.28. The molecule has 5 heteroatoms. The summed E-state index contributed by atoms with van der Waals surface area (Å²) in [6.45, 7) is 0. The molecule has 80 valence electrons. The van der Waals surface area contributed by atoms with Gasteiger partial charge in [-0.3, -0.25) is 0 Å². The molecule has 0 amide bonds. The second kappa shape index (κ2) is 3.47. The van der Waals surface area contributed by atoms with Gasteiger partial charge in [-0.25, -0.2) is 4.98 Å². The van der Waals surface area contributed by atoms with Gasteiger partial charge in [-0.1, -0.05) is 6.07 Å². The molecule has 0 aliphatic heterocycles. The summed E-state index contributed by atoms with van der Waals surface area (Å²) in [4.78, 5) is 5.38. The molecule has 0 radical (unpaired) electrons. The molecule has 0 spiro atoms. The number of hydrogen-bond acceptors (Lipinski definition) is 5. The van der Waals surface area contributed by atoms with Crippen molar-refractivity contribution < 1.29 is 10.2 Å². The van der Waals surface area contributed by atoms with Gasteiger partial charge < -0.3 is 10.2 Å². The van der Waals surface area contributed by atoms with Gasteiger partial charge in [0.1, 0.15) is 26.7 Å². The van der Waals surface area contributed by atoms with Crippen LogP contribution >= 0.6 is 22.7 Å². The highest BCUT2D eigenvalue weighted by atomic mass is 32.1. The van der Waals surface area contributed by atoms with E-state index in [-0.39, 0.29) is 11.5 Å². The standard InChI is InChI=1S/C11H7NO2S2/c13-6-3-4-7(14)10-9(6)12-11(16-10)8-2-1-5-15-8/h1-5,13-14H. The molecule has 3 rings (SSSR count). The van der Waals surface area contributed by atoms with Crippen LogP contribution in [-0.4, -0.2) is 15.2 Å². The molecule has 16 heavy (non-hydrogen) atoms. The summed E-state index contributed by atoms with van der Waals surface area (Å²) < 4.78 is 0.628. The molecule has 0 aliphatic rings. The molecule has 3 nitrogen and oxygen atoms in total. The van der Waals surface area contributed by atoms with Crippen molar-refractivity contribution in [3.63, 3.8) is 0 Å². The molecule has 3 aromatic rings. The minimum Gasteiger partial charge on any atom is -0.506 e. The molecule has 0 saturated carbocycles. The summed E-state index contributed by atoms with van der Waals surface area (Å²) in [5.41, 5.74) is 0.466. The van der Waals surface area contributed by atoms with E-state index < -0.39 is 0 Å². The fourth-order valence-electron chi connectivity index (χ4n) is 1.49. The minimum absolute atomic E-state index is 0.104. The third-order valence-corrected chi connectivity index (χ3v) is 4.35.